The van der Waals surface area contributed by atoms with Crippen molar-refractivity contribution in [3.05, 3.63) is 77.3 Å². The Labute approximate surface area is 179 Å². The van der Waals surface area contributed by atoms with E-state index in [1.165, 1.54) is 0 Å². The Kier molecular flexibility index (Phi) is 5.86. The summed E-state index contributed by atoms with van der Waals surface area (Å²) in [6.07, 6.45) is 0. The fourth-order valence-corrected chi connectivity index (χ4v) is 3.27. The van der Waals surface area contributed by atoms with E-state index in [1.807, 2.05) is 48.5 Å². The Hall–Kier alpha value is -3.51. The van der Waals surface area contributed by atoms with Gasteiger partial charge in [-0.05, 0) is 48.0 Å². The van der Waals surface area contributed by atoms with E-state index >= 15 is 0 Å². The van der Waals surface area contributed by atoms with Gasteiger partial charge in [-0.3, -0.25) is 0 Å². The summed E-state index contributed by atoms with van der Waals surface area (Å²) >= 11 is 6.15. The third-order valence-corrected chi connectivity index (χ3v) is 4.87. The molecule has 4 aromatic rings. The van der Waals surface area contributed by atoms with E-state index < -0.39 is 0 Å². The van der Waals surface area contributed by atoms with Crippen LogP contribution in [0.15, 0.2) is 66.7 Å². The minimum Gasteiger partial charge on any atom is -0.497 e. The summed E-state index contributed by atoms with van der Waals surface area (Å²) in [5, 5.41) is 8.17. The number of nitrogens with one attached hydrogen (secondary N) is 2. The van der Waals surface area contributed by atoms with E-state index in [2.05, 4.69) is 15.6 Å². The maximum absolute atomic E-state index is 6.15. The Bertz CT molecular complexity index is 1170. The minimum atomic E-state index is 0.450. The van der Waals surface area contributed by atoms with Crippen LogP contribution in [0.2, 0.25) is 5.02 Å². The van der Waals surface area contributed by atoms with Crippen LogP contribution in [0.5, 0.6) is 11.5 Å². The van der Waals surface area contributed by atoms with Crippen LogP contribution in [0, 0.1) is 0 Å². The zero-order chi connectivity index (χ0) is 20.9. The molecule has 0 radical (unpaired) electrons. The molecule has 3 aromatic carbocycles. The van der Waals surface area contributed by atoms with Gasteiger partial charge >= 0.3 is 0 Å². The van der Waals surface area contributed by atoms with Crippen LogP contribution < -0.4 is 20.1 Å². The SMILES string of the molecule is COc1ccc(CNc2nc(Nc3cc(Cl)ccc3OC)nc3ccccc23)cc1. The quantitative estimate of drug-likeness (QED) is 0.402. The lowest BCUT2D eigenvalue weighted by molar-refractivity contribution is 0.414. The smallest absolute Gasteiger partial charge is 0.229 e. The molecule has 1 aromatic heterocycles. The second-order valence-corrected chi connectivity index (χ2v) is 7.02. The third kappa shape index (κ3) is 4.39. The van der Waals surface area contributed by atoms with E-state index in [0.717, 1.165) is 28.0 Å². The molecule has 0 atom stereocenters. The van der Waals surface area contributed by atoms with Crippen LogP contribution in [0.3, 0.4) is 0 Å². The molecule has 0 saturated carbocycles. The van der Waals surface area contributed by atoms with Gasteiger partial charge in [-0.2, -0.15) is 4.98 Å². The van der Waals surface area contributed by atoms with Crippen LogP contribution in [0.1, 0.15) is 5.56 Å². The Balaban J connectivity index is 1.64. The highest BCUT2D eigenvalue weighted by molar-refractivity contribution is 6.31. The largest absolute Gasteiger partial charge is 0.497 e. The molecule has 1 heterocycles. The summed E-state index contributed by atoms with van der Waals surface area (Å²) in [4.78, 5) is 9.33. The van der Waals surface area contributed by atoms with Gasteiger partial charge in [0.25, 0.3) is 0 Å². The number of ether oxygens (including phenoxy) is 2. The molecule has 0 aliphatic rings. The van der Waals surface area contributed by atoms with E-state index in [1.54, 1.807) is 32.4 Å². The molecule has 0 spiro atoms. The monoisotopic (exact) mass is 420 g/mol. The standard InChI is InChI=1S/C23H21ClN4O2/c1-29-17-10-7-15(8-11-17)14-25-22-18-5-3-4-6-19(18)26-23(28-22)27-20-13-16(24)9-12-21(20)30-2/h3-13H,14H2,1-2H3,(H2,25,26,27,28). The first-order valence-corrected chi connectivity index (χ1v) is 9.78. The van der Waals surface area contributed by atoms with E-state index in [-0.39, 0.29) is 0 Å². The van der Waals surface area contributed by atoms with Gasteiger partial charge in [0.05, 0.1) is 25.4 Å². The van der Waals surface area contributed by atoms with Crippen LogP contribution in [-0.2, 0) is 6.54 Å². The molecule has 0 unspecified atom stereocenters. The van der Waals surface area contributed by atoms with Crippen LogP contribution in [0.25, 0.3) is 10.9 Å². The van der Waals surface area contributed by atoms with Gasteiger partial charge in [0.2, 0.25) is 5.95 Å². The fraction of sp³-hybridized carbons (Fsp3) is 0.130. The van der Waals surface area contributed by atoms with Crippen molar-refractivity contribution in [2.45, 2.75) is 6.54 Å². The summed E-state index contributed by atoms with van der Waals surface area (Å²) in [7, 11) is 3.27. The minimum absolute atomic E-state index is 0.450. The second-order valence-electron chi connectivity index (χ2n) is 6.58. The van der Waals surface area contributed by atoms with Crippen LogP contribution >= 0.6 is 11.6 Å². The number of anilines is 3. The third-order valence-electron chi connectivity index (χ3n) is 4.63. The summed E-state index contributed by atoms with van der Waals surface area (Å²) in [6, 6.07) is 21.1. The number of para-hydroxylation sites is 1. The van der Waals surface area contributed by atoms with Crippen LogP contribution in [-0.4, -0.2) is 24.2 Å². The highest BCUT2D eigenvalue weighted by Gasteiger charge is 2.11. The molecule has 0 aliphatic heterocycles. The molecule has 4 rings (SSSR count). The zero-order valence-corrected chi connectivity index (χ0v) is 17.4. The lowest BCUT2D eigenvalue weighted by Gasteiger charge is -2.14. The number of benzene rings is 3. The number of nitrogens with zero attached hydrogens (tertiary/aromatic N) is 2. The molecule has 152 valence electrons. The maximum atomic E-state index is 6.15. The average Bonchev–Trinajstić information content (AvgIpc) is 2.78. The maximum Gasteiger partial charge on any atom is 0.229 e. The number of hydrogen-bond acceptors (Lipinski definition) is 6. The van der Waals surface area contributed by atoms with E-state index in [9.17, 15) is 0 Å². The predicted molar refractivity (Wildman–Crippen MR) is 121 cm³/mol. The van der Waals surface area contributed by atoms with Gasteiger partial charge < -0.3 is 20.1 Å². The first kappa shape index (κ1) is 19.8. The van der Waals surface area contributed by atoms with Gasteiger partial charge in [-0.15, -0.1) is 0 Å². The molecule has 0 aliphatic carbocycles. The van der Waals surface area contributed by atoms with Crippen molar-refractivity contribution < 1.29 is 9.47 Å². The van der Waals surface area contributed by atoms with Crippen molar-refractivity contribution >= 4 is 40.0 Å². The topological polar surface area (TPSA) is 68.3 Å². The second kappa shape index (κ2) is 8.88. The number of halogens is 1. The molecule has 7 heteroatoms. The first-order valence-electron chi connectivity index (χ1n) is 9.40. The molecule has 2 N–H and O–H groups in total. The number of hydrogen-bond donors (Lipinski definition) is 2. The predicted octanol–water partition coefficient (Wildman–Crippen LogP) is 5.66. The number of rotatable bonds is 7. The fourth-order valence-electron chi connectivity index (χ4n) is 3.09. The molecule has 0 fully saturated rings. The summed E-state index contributed by atoms with van der Waals surface area (Å²) in [5.74, 6) is 2.67. The lowest BCUT2D eigenvalue weighted by Crippen LogP contribution is -2.06. The van der Waals surface area contributed by atoms with Crippen molar-refractivity contribution in [1.29, 1.82) is 0 Å². The molecule has 6 nitrogen and oxygen atoms in total. The molecular weight excluding hydrogens is 400 g/mol. The highest BCUT2D eigenvalue weighted by Crippen LogP contribution is 2.31. The molecule has 0 bridgehead atoms. The molecule has 30 heavy (non-hydrogen) atoms. The van der Waals surface area contributed by atoms with Crippen LogP contribution in [0.4, 0.5) is 17.5 Å². The van der Waals surface area contributed by atoms with Gasteiger partial charge in [0, 0.05) is 17.0 Å². The van der Waals surface area contributed by atoms with Crippen molar-refractivity contribution in [3.8, 4) is 11.5 Å². The Morgan fingerprint density at radius 2 is 1.70 bits per heavy atom. The highest BCUT2D eigenvalue weighted by atomic mass is 35.5. The first-order chi connectivity index (χ1) is 14.7. The molecule has 0 amide bonds. The normalized spacial score (nSPS) is 10.6. The van der Waals surface area contributed by atoms with Gasteiger partial charge in [0.1, 0.15) is 17.3 Å². The number of fused-ring (bicyclic) bond motifs is 1. The average molecular weight is 421 g/mol. The van der Waals surface area contributed by atoms with Gasteiger partial charge in [0.15, 0.2) is 0 Å². The van der Waals surface area contributed by atoms with Crippen molar-refractivity contribution in [2.75, 3.05) is 24.9 Å². The number of aromatic nitrogens is 2. The summed E-state index contributed by atoms with van der Waals surface area (Å²) < 4.78 is 10.6. The lowest BCUT2D eigenvalue weighted by atomic mass is 10.2. The van der Waals surface area contributed by atoms with E-state index in [4.69, 9.17) is 26.1 Å². The zero-order valence-electron chi connectivity index (χ0n) is 16.6. The van der Waals surface area contributed by atoms with E-state index in [0.29, 0.717) is 29.0 Å². The van der Waals surface area contributed by atoms with Gasteiger partial charge in [-0.1, -0.05) is 35.9 Å². The van der Waals surface area contributed by atoms with Crippen molar-refractivity contribution in [2.24, 2.45) is 0 Å². The van der Waals surface area contributed by atoms with Gasteiger partial charge in [-0.25, -0.2) is 4.98 Å². The Morgan fingerprint density at radius 3 is 2.47 bits per heavy atom. The number of methoxy groups -OCH3 is 2. The summed E-state index contributed by atoms with van der Waals surface area (Å²) in [6.45, 7) is 0.616. The molecule has 0 saturated heterocycles. The van der Waals surface area contributed by atoms with Crippen molar-refractivity contribution in [3.63, 3.8) is 0 Å². The summed E-state index contributed by atoms with van der Waals surface area (Å²) in [5.41, 5.74) is 2.64. The Morgan fingerprint density at radius 1 is 0.900 bits per heavy atom. The molecular formula is C23H21ClN4O2. The van der Waals surface area contributed by atoms with Crippen molar-refractivity contribution in [1.82, 2.24) is 9.97 Å².